The Balaban J connectivity index is 2.15. The van der Waals surface area contributed by atoms with Crippen LogP contribution in [0.25, 0.3) is 0 Å². The number of hydrogen-bond donors (Lipinski definition) is 0. The zero-order valence-electron chi connectivity index (χ0n) is 8.82. The van der Waals surface area contributed by atoms with E-state index in [1.807, 2.05) is 25.1 Å². The van der Waals surface area contributed by atoms with Gasteiger partial charge in [-0.15, -0.1) is 0 Å². The summed E-state index contributed by atoms with van der Waals surface area (Å²) in [6, 6.07) is 10.2. The monoisotopic (exact) mass is 202 g/mol. The van der Waals surface area contributed by atoms with E-state index in [1.54, 1.807) is 0 Å². The first-order chi connectivity index (χ1) is 7.29. The summed E-state index contributed by atoms with van der Waals surface area (Å²) >= 11 is 0. The molecule has 1 aliphatic heterocycles. The fraction of sp³-hybridized carbons (Fsp3) is 0.231. The number of ether oxygens (including phenoxy) is 2. The third-order valence-electron chi connectivity index (χ3n) is 2.31. The minimum Gasteiger partial charge on any atom is -0.427 e. The predicted octanol–water partition coefficient (Wildman–Crippen LogP) is 3.37. The Labute approximate surface area is 89.8 Å². The summed E-state index contributed by atoms with van der Waals surface area (Å²) in [6.45, 7) is 5.70. The Bertz CT molecular complexity index is 390. The minimum absolute atomic E-state index is 0.387. The van der Waals surface area contributed by atoms with Gasteiger partial charge >= 0.3 is 0 Å². The van der Waals surface area contributed by atoms with Crippen molar-refractivity contribution in [1.29, 1.82) is 0 Å². The topological polar surface area (TPSA) is 18.5 Å². The molecule has 0 bridgehead atoms. The maximum atomic E-state index is 5.43. The second-order valence-corrected chi connectivity index (χ2v) is 3.44. The Kier molecular flexibility index (Phi) is 2.77. The highest BCUT2D eigenvalue weighted by Crippen LogP contribution is 2.28. The Morgan fingerprint density at radius 1 is 1.07 bits per heavy atom. The first-order valence-corrected chi connectivity index (χ1v) is 5.10. The maximum absolute atomic E-state index is 5.43. The molecule has 78 valence electrons. The molecule has 0 saturated heterocycles. The Morgan fingerprint density at radius 2 is 1.73 bits per heavy atom. The van der Waals surface area contributed by atoms with Gasteiger partial charge in [-0.3, -0.25) is 0 Å². The molecule has 0 atom stereocenters. The first-order valence-electron chi connectivity index (χ1n) is 5.10. The molecule has 0 radical (unpaired) electrons. The second kappa shape index (κ2) is 4.22. The van der Waals surface area contributed by atoms with Crippen molar-refractivity contribution in [3.05, 3.63) is 59.9 Å². The summed E-state index contributed by atoms with van der Waals surface area (Å²) in [5.41, 5.74) is 1.22. The van der Waals surface area contributed by atoms with Gasteiger partial charge < -0.3 is 9.47 Å². The zero-order valence-corrected chi connectivity index (χ0v) is 8.82. The van der Waals surface area contributed by atoms with Gasteiger partial charge in [0.05, 0.1) is 0 Å². The summed E-state index contributed by atoms with van der Waals surface area (Å²) in [4.78, 5) is 0. The molecule has 0 saturated carbocycles. The molecule has 0 aromatic heterocycles. The summed E-state index contributed by atoms with van der Waals surface area (Å²) in [7, 11) is 0. The third kappa shape index (κ3) is 2.21. The van der Waals surface area contributed by atoms with Crippen molar-refractivity contribution in [3.63, 3.8) is 0 Å². The van der Waals surface area contributed by atoms with E-state index >= 15 is 0 Å². The van der Waals surface area contributed by atoms with Gasteiger partial charge in [-0.2, -0.15) is 0 Å². The van der Waals surface area contributed by atoms with Crippen molar-refractivity contribution in [2.24, 2.45) is 0 Å². The Morgan fingerprint density at radius 3 is 2.40 bits per heavy atom. The van der Waals surface area contributed by atoms with Crippen LogP contribution in [0.4, 0.5) is 0 Å². The zero-order chi connectivity index (χ0) is 10.7. The van der Waals surface area contributed by atoms with E-state index in [2.05, 4.69) is 18.7 Å². The standard InChI is InChI=1S/C13H14O2/c1-3-12-13(15-10(2)14-12)9-11-7-5-4-6-8-11/h4-8H,2-3,9H2,1H3. The number of benzene rings is 1. The summed E-state index contributed by atoms with van der Waals surface area (Å²) in [6.07, 6.45) is 1.60. The molecule has 1 heterocycles. The van der Waals surface area contributed by atoms with Crippen LogP contribution in [0.3, 0.4) is 0 Å². The molecule has 2 rings (SSSR count). The maximum Gasteiger partial charge on any atom is 0.282 e. The molecule has 1 aromatic rings. The van der Waals surface area contributed by atoms with Crippen molar-refractivity contribution in [2.75, 3.05) is 0 Å². The molecule has 2 nitrogen and oxygen atoms in total. The molecule has 0 fully saturated rings. The van der Waals surface area contributed by atoms with Crippen LogP contribution in [0.2, 0.25) is 0 Å². The van der Waals surface area contributed by atoms with Crippen LogP contribution in [-0.4, -0.2) is 0 Å². The van der Waals surface area contributed by atoms with Gasteiger partial charge in [-0.1, -0.05) is 37.3 Å². The second-order valence-electron chi connectivity index (χ2n) is 3.44. The van der Waals surface area contributed by atoms with Gasteiger partial charge in [-0.25, -0.2) is 0 Å². The van der Waals surface area contributed by atoms with Gasteiger partial charge in [0.15, 0.2) is 5.76 Å². The highest BCUT2D eigenvalue weighted by Gasteiger charge is 2.19. The molecule has 0 aliphatic carbocycles. The normalized spacial score (nSPS) is 15.1. The van der Waals surface area contributed by atoms with E-state index < -0.39 is 0 Å². The van der Waals surface area contributed by atoms with E-state index in [4.69, 9.17) is 9.47 Å². The lowest BCUT2D eigenvalue weighted by Gasteiger charge is -2.01. The summed E-state index contributed by atoms with van der Waals surface area (Å²) in [5.74, 6) is 2.16. The highest BCUT2D eigenvalue weighted by molar-refractivity contribution is 5.23. The van der Waals surface area contributed by atoms with E-state index in [-0.39, 0.29) is 0 Å². The van der Waals surface area contributed by atoms with Crippen molar-refractivity contribution in [3.8, 4) is 0 Å². The van der Waals surface area contributed by atoms with Crippen LogP contribution in [-0.2, 0) is 15.9 Å². The molecule has 0 N–H and O–H groups in total. The number of allylic oxidation sites excluding steroid dienone is 2. The van der Waals surface area contributed by atoms with Gasteiger partial charge in [0.1, 0.15) is 5.76 Å². The lowest BCUT2D eigenvalue weighted by Crippen LogP contribution is -1.92. The van der Waals surface area contributed by atoms with Crippen molar-refractivity contribution < 1.29 is 9.47 Å². The average Bonchev–Trinajstić information content (AvgIpc) is 2.60. The third-order valence-corrected chi connectivity index (χ3v) is 2.31. The molecule has 0 amide bonds. The van der Waals surface area contributed by atoms with E-state index in [0.717, 1.165) is 24.4 Å². The predicted molar refractivity (Wildman–Crippen MR) is 58.8 cm³/mol. The van der Waals surface area contributed by atoms with E-state index in [0.29, 0.717) is 5.95 Å². The van der Waals surface area contributed by atoms with Crippen molar-refractivity contribution in [2.45, 2.75) is 19.8 Å². The Hall–Kier alpha value is -1.70. The first kappa shape index (κ1) is 9.84. The molecule has 0 unspecified atom stereocenters. The van der Waals surface area contributed by atoms with Crippen molar-refractivity contribution in [1.82, 2.24) is 0 Å². The highest BCUT2D eigenvalue weighted by atomic mass is 16.7. The van der Waals surface area contributed by atoms with Gasteiger partial charge in [-0.05, 0) is 12.1 Å². The van der Waals surface area contributed by atoms with E-state index in [1.165, 1.54) is 5.56 Å². The van der Waals surface area contributed by atoms with E-state index in [9.17, 15) is 0 Å². The lowest BCUT2D eigenvalue weighted by atomic mass is 10.1. The molecule has 1 aromatic carbocycles. The molecule has 1 aliphatic rings. The lowest BCUT2D eigenvalue weighted by molar-refractivity contribution is 0.175. The number of hydrogen-bond acceptors (Lipinski definition) is 2. The molecular formula is C13H14O2. The van der Waals surface area contributed by atoms with Crippen LogP contribution < -0.4 is 0 Å². The van der Waals surface area contributed by atoms with Crippen LogP contribution >= 0.6 is 0 Å². The largest absolute Gasteiger partial charge is 0.427 e. The van der Waals surface area contributed by atoms with Crippen molar-refractivity contribution >= 4 is 0 Å². The quantitative estimate of drug-likeness (QED) is 0.748. The summed E-state index contributed by atoms with van der Waals surface area (Å²) in [5, 5.41) is 0. The number of rotatable bonds is 3. The van der Waals surface area contributed by atoms with Crippen LogP contribution in [0.15, 0.2) is 54.4 Å². The van der Waals surface area contributed by atoms with Gasteiger partial charge in [0, 0.05) is 12.8 Å². The van der Waals surface area contributed by atoms with Crippen LogP contribution in [0.5, 0.6) is 0 Å². The minimum atomic E-state index is 0.387. The molecule has 2 heteroatoms. The SMILES string of the molecule is C=C1OC(CC)=C(Cc2ccccc2)O1. The molecule has 0 spiro atoms. The van der Waals surface area contributed by atoms with Gasteiger partial charge in [0.25, 0.3) is 5.95 Å². The fourth-order valence-corrected chi connectivity index (χ4v) is 1.59. The molecule has 15 heavy (non-hydrogen) atoms. The van der Waals surface area contributed by atoms with Gasteiger partial charge in [0.2, 0.25) is 0 Å². The fourth-order valence-electron chi connectivity index (χ4n) is 1.59. The molecular weight excluding hydrogens is 188 g/mol. The van der Waals surface area contributed by atoms with Crippen LogP contribution in [0.1, 0.15) is 18.9 Å². The average molecular weight is 202 g/mol. The summed E-state index contributed by atoms with van der Waals surface area (Å²) < 4.78 is 10.8. The smallest absolute Gasteiger partial charge is 0.282 e. The van der Waals surface area contributed by atoms with Crippen LogP contribution in [0, 0.1) is 0 Å².